The minimum Gasteiger partial charge on any atom is -0.469 e. The van der Waals surface area contributed by atoms with E-state index in [4.69, 9.17) is 11.6 Å². The van der Waals surface area contributed by atoms with E-state index in [-0.39, 0.29) is 42.0 Å². The third-order valence-electron chi connectivity index (χ3n) is 4.36. The number of thioether (sulfide) groups is 1. The summed E-state index contributed by atoms with van der Waals surface area (Å²) in [7, 11) is 1.32. The highest BCUT2D eigenvalue weighted by atomic mass is 35.5. The maximum atomic E-state index is 12.9. The van der Waals surface area contributed by atoms with E-state index >= 15 is 0 Å². The molecule has 8 nitrogen and oxygen atoms in total. The van der Waals surface area contributed by atoms with E-state index in [9.17, 15) is 14.4 Å². The highest BCUT2D eigenvalue weighted by molar-refractivity contribution is 7.99. The summed E-state index contributed by atoms with van der Waals surface area (Å²) in [4.78, 5) is 45.4. The molecule has 0 aliphatic rings. The number of nitrogens with zero attached hydrogens (tertiary/aromatic N) is 2. The Labute approximate surface area is 196 Å². The topological polar surface area (TPSA) is 110 Å². The molecule has 2 N–H and O–H groups in total. The van der Waals surface area contributed by atoms with E-state index < -0.39 is 11.9 Å². The molecular formula is C22H27ClN4O4S. The van der Waals surface area contributed by atoms with Crippen molar-refractivity contribution in [2.75, 3.05) is 19.4 Å². The number of aromatic nitrogens is 2. The first kappa shape index (κ1) is 25.6. The Kier molecular flexibility index (Phi) is 11.0. The summed E-state index contributed by atoms with van der Waals surface area (Å²) in [6.07, 6.45) is 3.24. The van der Waals surface area contributed by atoms with Crippen molar-refractivity contribution in [3.63, 3.8) is 0 Å². The van der Waals surface area contributed by atoms with Crippen LogP contribution in [0.3, 0.4) is 0 Å². The van der Waals surface area contributed by atoms with Gasteiger partial charge in [-0.15, -0.1) is 0 Å². The second-order valence-electron chi connectivity index (χ2n) is 6.88. The van der Waals surface area contributed by atoms with Gasteiger partial charge in [0.1, 0.15) is 6.04 Å². The molecule has 172 valence electrons. The molecule has 2 rings (SSSR count). The van der Waals surface area contributed by atoms with Gasteiger partial charge in [0.2, 0.25) is 5.91 Å². The molecule has 1 heterocycles. The summed E-state index contributed by atoms with van der Waals surface area (Å²) in [6.45, 7) is 2.32. The Morgan fingerprint density at radius 3 is 2.66 bits per heavy atom. The summed E-state index contributed by atoms with van der Waals surface area (Å²) in [6, 6.07) is 8.50. The molecule has 32 heavy (non-hydrogen) atoms. The fourth-order valence-corrected chi connectivity index (χ4v) is 3.57. The molecule has 0 radical (unpaired) electrons. The molecule has 0 saturated heterocycles. The molecule has 0 spiro atoms. The van der Waals surface area contributed by atoms with Crippen molar-refractivity contribution in [1.29, 1.82) is 0 Å². The molecule has 10 heteroatoms. The first-order valence-corrected chi connectivity index (χ1v) is 11.7. The Bertz CT molecular complexity index is 914. The standard InChI is InChI=1S/C22H27ClN4O4S/c1-3-12-32-22-25-14-16(23)19(27-22)21(30)26-17(13-15-8-5-4-6-9-15)20(29)24-11-7-10-18(28)31-2/h4-6,8-9,14,17H,3,7,10-13H2,1-2H3,(H,24,29)(H,26,30)/t17-/m0/s1. The lowest BCUT2D eigenvalue weighted by Gasteiger charge is -2.19. The van der Waals surface area contributed by atoms with Gasteiger partial charge in [0.05, 0.1) is 18.3 Å². The number of esters is 1. The van der Waals surface area contributed by atoms with Crippen molar-refractivity contribution in [3.8, 4) is 0 Å². The highest BCUT2D eigenvalue weighted by Gasteiger charge is 2.24. The number of benzene rings is 1. The van der Waals surface area contributed by atoms with E-state index in [0.29, 0.717) is 11.6 Å². The fourth-order valence-electron chi connectivity index (χ4n) is 2.73. The van der Waals surface area contributed by atoms with Crippen molar-refractivity contribution in [2.24, 2.45) is 0 Å². The minimum absolute atomic E-state index is 0.0248. The van der Waals surface area contributed by atoms with Gasteiger partial charge in [-0.2, -0.15) is 0 Å². The summed E-state index contributed by atoms with van der Waals surface area (Å²) >= 11 is 7.58. The van der Waals surface area contributed by atoms with Crippen LogP contribution in [0.15, 0.2) is 41.7 Å². The summed E-state index contributed by atoms with van der Waals surface area (Å²) in [5.41, 5.74) is 0.910. The number of rotatable bonds is 12. The molecule has 0 aliphatic heterocycles. The number of carbonyl (C=O) groups excluding carboxylic acids is 3. The van der Waals surface area contributed by atoms with Gasteiger partial charge in [-0.1, -0.05) is 60.6 Å². The van der Waals surface area contributed by atoms with Crippen molar-refractivity contribution < 1.29 is 19.1 Å². The van der Waals surface area contributed by atoms with Crippen molar-refractivity contribution in [3.05, 3.63) is 52.8 Å². The fraction of sp³-hybridized carbons (Fsp3) is 0.409. The Morgan fingerprint density at radius 1 is 1.22 bits per heavy atom. The maximum Gasteiger partial charge on any atom is 0.305 e. The van der Waals surface area contributed by atoms with Gasteiger partial charge in [-0.3, -0.25) is 14.4 Å². The molecule has 1 aromatic carbocycles. The molecule has 2 aromatic rings. The van der Waals surface area contributed by atoms with Crippen LogP contribution < -0.4 is 10.6 Å². The smallest absolute Gasteiger partial charge is 0.305 e. The Hall–Kier alpha value is -2.65. The van der Waals surface area contributed by atoms with Crippen molar-refractivity contribution in [1.82, 2.24) is 20.6 Å². The Balaban J connectivity index is 2.10. The van der Waals surface area contributed by atoms with E-state index in [1.165, 1.54) is 25.1 Å². The van der Waals surface area contributed by atoms with Crippen molar-refractivity contribution >= 4 is 41.1 Å². The normalized spacial score (nSPS) is 11.5. The zero-order valence-corrected chi connectivity index (χ0v) is 19.7. The van der Waals surface area contributed by atoms with Gasteiger partial charge in [-0.25, -0.2) is 9.97 Å². The second-order valence-corrected chi connectivity index (χ2v) is 8.35. The van der Waals surface area contributed by atoms with Crippen LogP contribution in [-0.4, -0.2) is 53.2 Å². The lowest BCUT2D eigenvalue weighted by atomic mass is 10.0. The number of methoxy groups -OCH3 is 1. The zero-order valence-electron chi connectivity index (χ0n) is 18.1. The third-order valence-corrected chi connectivity index (χ3v) is 5.71. The molecule has 0 aliphatic carbocycles. The molecule has 2 amide bonds. The van der Waals surface area contributed by atoms with E-state index in [1.54, 1.807) is 0 Å². The van der Waals surface area contributed by atoms with Gasteiger partial charge in [0, 0.05) is 25.1 Å². The van der Waals surface area contributed by atoms with Gasteiger partial charge in [0.25, 0.3) is 5.91 Å². The van der Waals surface area contributed by atoms with E-state index in [2.05, 4.69) is 25.3 Å². The number of carbonyl (C=O) groups is 3. The molecule has 1 atom stereocenters. The van der Waals surface area contributed by atoms with Gasteiger partial charge in [0.15, 0.2) is 10.9 Å². The molecule has 1 aromatic heterocycles. The lowest BCUT2D eigenvalue weighted by molar-refractivity contribution is -0.140. The predicted octanol–water partition coefficient (Wildman–Crippen LogP) is 3.04. The molecular weight excluding hydrogens is 452 g/mol. The quantitative estimate of drug-likeness (QED) is 0.209. The van der Waals surface area contributed by atoms with E-state index in [1.807, 2.05) is 37.3 Å². The average Bonchev–Trinajstić information content (AvgIpc) is 2.81. The number of halogens is 1. The van der Waals surface area contributed by atoms with Crippen LogP contribution >= 0.6 is 23.4 Å². The average molecular weight is 479 g/mol. The number of ether oxygens (including phenoxy) is 1. The van der Waals surface area contributed by atoms with Crippen molar-refractivity contribution in [2.45, 2.75) is 43.8 Å². The second kappa shape index (κ2) is 13.7. The van der Waals surface area contributed by atoms with Crippen LogP contribution in [0.1, 0.15) is 42.2 Å². The van der Waals surface area contributed by atoms with Crippen LogP contribution in [0, 0.1) is 0 Å². The van der Waals surface area contributed by atoms with Gasteiger partial charge in [-0.05, 0) is 18.4 Å². The summed E-state index contributed by atoms with van der Waals surface area (Å²) in [5.74, 6) is -0.449. The molecule has 0 unspecified atom stereocenters. The van der Waals surface area contributed by atoms with Crippen LogP contribution in [0.4, 0.5) is 0 Å². The monoisotopic (exact) mass is 478 g/mol. The molecule has 0 bridgehead atoms. The maximum absolute atomic E-state index is 12.9. The number of hydrogen-bond donors (Lipinski definition) is 2. The largest absolute Gasteiger partial charge is 0.469 e. The predicted molar refractivity (Wildman–Crippen MR) is 124 cm³/mol. The van der Waals surface area contributed by atoms with Crippen LogP contribution in [0.5, 0.6) is 0 Å². The lowest BCUT2D eigenvalue weighted by Crippen LogP contribution is -2.48. The number of hydrogen-bond acceptors (Lipinski definition) is 7. The van der Waals surface area contributed by atoms with Crippen LogP contribution in [-0.2, 0) is 20.7 Å². The van der Waals surface area contributed by atoms with Crippen LogP contribution in [0.25, 0.3) is 0 Å². The summed E-state index contributed by atoms with van der Waals surface area (Å²) in [5, 5.41) is 6.07. The summed E-state index contributed by atoms with van der Waals surface area (Å²) < 4.78 is 4.60. The minimum atomic E-state index is -0.846. The Morgan fingerprint density at radius 2 is 1.97 bits per heavy atom. The SMILES string of the molecule is CCCSc1ncc(Cl)c(C(=O)N[C@@H](Cc2ccccc2)C(=O)NCCCC(=O)OC)n1. The highest BCUT2D eigenvalue weighted by Crippen LogP contribution is 2.19. The molecule has 0 saturated carbocycles. The first-order chi connectivity index (χ1) is 15.4. The third kappa shape index (κ3) is 8.47. The van der Waals surface area contributed by atoms with Gasteiger partial charge >= 0.3 is 5.97 Å². The van der Waals surface area contributed by atoms with Gasteiger partial charge < -0.3 is 15.4 Å². The first-order valence-electron chi connectivity index (χ1n) is 10.3. The molecule has 0 fully saturated rings. The van der Waals surface area contributed by atoms with Crippen LogP contribution in [0.2, 0.25) is 5.02 Å². The van der Waals surface area contributed by atoms with E-state index in [0.717, 1.165) is 17.7 Å². The number of amides is 2. The number of nitrogens with one attached hydrogen (secondary N) is 2. The zero-order chi connectivity index (χ0) is 23.3.